The third kappa shape index (κ3) is 7.22. The molecule has 0 aliphatic carbocycles. The lowest BCUT2D eigenvalue weighted by molar-refractivity contribution is -0.118. The summed E-state index contributed by atoms with van der Waals surface area (Å²) in [7, 11) is 3.11. The molecular formula is C23H25BrN4O5S. The second-order valence-electron chi connectivity index (χ2n) is 7.24. The van der Waals surface area contributed by atoms with Crippen LogP contribution in [0, 0.1) is 6.92 Å². The molecule has 0 bridgehead atoms. The molecule has 0 fully saturated rings. The van der Waals surface area contributed by atoms with Crippen molar-refractivity contribution in [3.05, 3.63) is 57.4 Å². The van der Waals surface area contributed by atoms with Gasteiger partial charge in [0.05, 0.1) is 30.7 Å². The summed E-state index contributed by atoms with van der Waals surface area (Å²) in [5.74, 6) is 1.44. The van der Waals surface area contributed by atoms with Gasteiger partial charge in [-0.3, -0.25) is 4.79 Å². The van der Waals surface area contributed by atoms with E-state index >= 15 is 0 Å². The van der Waals surface area contributed by atoms with Gasteiger partial charge in [-0.05, 0) is 76.7 Å². The Morgan fingerprint density at radius 2 is 2.06 bits per heavy atom. The highest BCUT2D eigenvalue weighted by Crippen LogP contribution is 2.34. The predicted octanol–water partition coefficient (Wildman–Crippen LogP) is 4.28. The molecule has 0 unspecified atom stereocenters. The van der Waals surface area contributed by atoms with Crippen molar-refractivity contribution in [1.29, 1.82) is 0 Å². The van der Waals surface area contributed by atoms with Gasteiger partial charge in [-0.2, -0.15) is 5.10 Å². The number of aryl methyl sites for hydroxylation is 3. The van der Waals surface area contributed by atoms with E-state index in [0.29, 0.717) is 33.3 Å². The zero-order valence-electron chi connectivity index (χ0n) is 19.0. The molecule has 0 aliphatic heterocycles. The maximum atomic E-state index is 12.0. The van der Waals surface area contributed by atoms with Gasteiger partial charge in [-0.15, -0.1) is 10.2 Å². The minimum absolute atomic E-state index is 0.00476. The normalized spacial score (nSPS) is 11.1. The lowest BCUT2D eigenvalue weighted by atomic mass is 10.0. The number of benzene rings is 2. The molecule has 3 rings (SSSR count). The first-order chi connectivity index (χ1) is 16.4. The van der Waals surface area contributed by atoms with Crippen LogP contribution in [0.5, 0.6) is 17.2 Å². The molecule has 0 aliphatic rings. The molecule has 2 aromatic carbocycles. The molecule has 0 atom stereocenters. The average molecular weight is 549 g/mol. The number of rotatable bonds is 11. The van der Waals surface area contributed by atoms with Gasteiger partial charge in [-0.25, -0.2) is 5.43 Å². The minimum Gasteiger partial charge on any atom is -0.503 e. The highest BCUT2D eigenvalue weighted by atomic mass is 79.9. The summed E-state index contributed by atoms with van der Waals surface area (Å²) >= 11 is 4.38. The number of aromatic hydroxyl groups is 1. The van der Waals surface area contributed by atoms with E-state index < -0.39 is 0 Å². The van der Waals surface area contributed by atoms with E-state index in [1.165, 1.54) is 24.5 Å². The van der Waals surface area contributed by atoms with E-state index in [9.17, 15) is 9.90 Å². The molecular weight excluding hydrogens is 524 g/mol. The Kier molecular flexibility index (Phi) is 9.34. The van der Waals surface area contributed by atoms with E-state index in [4.69, 9.17) is 13.9 Å². The first-order valence-electron chi connectivity index (χ1n) is 10.4. The number of halogens is 1. The molecule has 1 heterocycles. The average Bonchev–Trinajstić information content (AvgIpc) is 3.28. The first kappa shape index (κ1) is 25.6. The van der Waals surface area contributed by atoms with Crippen molar-refractivity contribution in [3.63, 3.8) is 0 Å². The standard InChI is InChI=1S/C23H25BrN4O5S/c1-14-9-17(31-2)8-7-16(14)5-4-6-21-27-28-23(33-21)34-13-20(29)26-25-12-15-10-18(24)22(30)19(11-15)32-3/h7-12,30H,4-6,13H2,1-3H3,(H,26,29)/b25-12-. The van der Waals surface area contributed by atoms with E-state index in [2.05, 4.69) is 49.6 Å². The number of amides is 1. The van der Waals surface area contributed by atoms with Gasteiger partial charge in [0.15, 0.2) is 11.5 Å². The lowest BCUT2D eigenvalue weighted by Gasteiger charge is -2.07. The highest BCUT2D eigenvalue weighted by Gasteiger charge is 2.11. The largest absolute Gasteiger partial charge is 0.503 e. The number of carbonyl (C=O) groups is 1. The van der Waals surface area contributed by atoms with Crippen molar-refractivity contribution in [2.24, 2.45) is 5.10 Å². The van der Waals surface area contributed by atoms with Gasteiger partial charge in [0, 0.05) is 6.42 Å². The maximum Gasteiger partial charge on any atom is 0.277 e. The molecule has 2 N–H and O–H groups in total. The summed E-state index contributed by atoms with van der Waals surface area (Å²) in [5, 5.41) is 22.1. The molecule has 0 radical (unpaired) electrons. The summed E-state index contributed by atoms with van der Waals surface area (Å²) in [6.45, 7) is 2.06. The van der Waals surface area contributed by atoms with Gasteiger partial charge >= 0.3 is 0 Å². The Labute approximate surface area is 210 Å². The number of aromatic nitrogens is 2. The van der Waals surface area contributed by atoms with Crippen LogP contribution >= 0.6 is 27.7 Å². The van der Waals surface area contributed by atoms with Gasteiger partial charge in [0.2, 0.25) is 5.89 Å². The van der Waals surface area contributed by atoms with Crippen LogP contribution in [0.1, 0.15) is 29.0 Å². The Hall–Kier alpha value is -3.05. The molecule has 1 amide bonds. The van der Waals surface area contributed by atoms with Crippen LogP contribution in [0.15, 0.2) is 49.5 Å². The fourth-order valence-electron chi connectivity index (χ4n) is 3.07. The third-order valence-corrected chi connectivity index (χ3v) is 6.26. The van der Waals surface area contributed by atoms with Crippen molar-refractivity contribution in [2.75, 3.05) is 20.0 Å². The van der Waals surface area contributed by atoms with E-state index in [0.717, 1.165) is 30.4 Å². The van der Waals surface area contributed by atoms with Crippen molar-refractivity contribution in [1.82, 2.24) is 15.6 Å². The molecule has 1 aromatic heterocycles. The second kappa shape index (κ2) is 12.4. The van der Waals surface area contributed by atoms with Gasteiger partial charge < -0.3 is 19.0 Å². The number of nitrogens with one attached hydrogen (secondary N) is 1. The second-order valence-corrected chi connectivity index (χ2v) is 9.02. The van der Waals surface area contributed by atoms with Crippen molar-refractivity contribution in [3.8, 4) is 17.2 Å². The van der Waals surface area contributed by atoms with Gasteiger partial charge in [-0.1, -0.05) is 17.8 Å². The van der Waals surface area contributed by atoms with E-state index in [1.54, 1.807) is 19.2 Å². The van der Waals surface area contributed by atoms with Crippen LogP contribution < -0.4 is 14.9 Å². The number of hydrogen-bond acceptors (Lipinski definition) is 9. The topological polar surface area (TPSA) is 119 Å². The molecule has 0 saturated carbocycles. The fourth-order valence-corrected chi connectivity index (χ4v) is 4.10. The summed E-state index contributed by atoms with van der Waals surface area (Å²) < 4.78 is 16.4. The zero-order valence-corrected chi connectivity index (χ0v) is 21.4. The van der Waals surface area contributed by atoms with Crippen LogP contribution in [-0.4, -0.2) is 47.4 Å². The third-order valence-electron chi connectivity index (χ3n) is 4.84. The van der Waals surface area contributed by atoms with E-state index in [1.807, 2.05) is 12.1 Å². The van der Waals surface area contributed by atoms with Crippen LogP contribution in [0.4, 0.5) is 0 Å². The Morgan fingerprint density at radius 3 is 2.79 bits per heavy atom. The summed E-state index contributed by atoms with van der Waals surface area (Å²) in [4.78, 5) is 12.0. The number of thioether (sulfide) groups is 1. The van der Waals surface area contributed by atoms with E-state index in [-0.39, 0.29) is 17.4 Å². The SMILES string of the molecule is COc1ccc(CCCc2nnc(SCC(=O)N/N=C\c3cc(Br)c(O)c(OC)c3)o2)c(C)c1. The van der Waals surface area contributed by atoms with Crippen LogP contribution in [0.2, 0.25) is 0 Å². The first-order valence-corrected chi connectivity index (χ1v) is 12.1. The van der Waals surface area contributed by atoms with Crippen LogP contribution in [0.25, 0.3) is 0 Å². The van der Waals surface area contributed by atoms with Crippen molar-refractivity contribution < 1.29 is 23.8 Å². The van der Waals surface area contributed by atoms with Crippen LogP contribution in [0.3, 0.4) is 0 Å². The smallest absolute Gasteiger partial charge is 0.277 e. The zero-order chi connectivity index (χ0) is 24.5. The van der Waals surface area contributed by atoms with Gasteiger partial charge in [0.1, 0.15) is 5.75 Å². The number of hydrogen-bond donors (Lipinski definition) is 2. The summed E-state index contributed by atoms with van der Waals surface area (Å²) in [5.41, 5.74) is 5.52. The number of carbonyl (C=O) groups excluding carboxylic acids is 1. The van der Waals surface area contributed by atoms with Gasteiger partial charge in [0.25, 0.3) is 11.1 Å². The molecule has 9 nitrogen and oxygen atoms in total. The predicted molar refractivity (Wildman–Crippen MR) is 133 cm³/mol. The highest BCUT2D eigenvalue weighted by molar-refractivity contribution is 9.10. The molecule has 0 spiro atoms. The lowest BCUT2D eigenvalue weighted by Crippen LogP contribution is -2.19. The number of phenolic OH excluding ortho intramolecular Hbond substituents is 1. The summed E-state index contributed by atoms with van der Waals surface area (Å²) in [6, 6.07) is 9.30. The maximum absolute atomic E-state index is 12.0. The Bertz CT molecular complexity index is 1170. The fraction of sp³-hybridized carbons (Fsp3) is 0.304. The molecule has 11 heteroatoms. The number of ether oxygens (including phenoxy) is 2. The number of hydrazone groups is 1. The molecule has 3 aromatic rings. The molecule has 0 saturated heterocycles. The van der Waals surface area contributed by atoms with Crippen molar-refractivity contribution >= 4 is 39.8 Å². The molecule has 180 valence electrons. The number of methoxy groups -OCH3 is 2. The summed E-state index contributed by atoms with van der Waals surface area (Å²) in [6.07, 6.45) is 3.86. The number of phenols is 1. The monoisotopic (exact) mass is 548 g/mol. The Balaban J connectivity index is 1.41. The van der Waals surface area contributed by atoms with Crippen LogP contribution in [-0.2, 0) is 17.6 Å². The quantitative estimate of drug-likeness (QED) is 0.207. The molecule has 34 heavy (non-hydrogen) atoms. The minimum atomic E-state index is -0.319. The Morgan fingerprint density at radius 1 is 1.24 bits per heavy atom. The number of nitrogens with zero attached hydrogens (tertiary/aromatic N) is 3. The van der Waals surface area contributed by atoms with Crippen molar-refractivity contribution in [2.45, 2.75) is 31.4 Å².